The van der Waals surface area contributed by atoms with Crippen LogP contribution in [0.1, 0.15) is 56.7 Å². The van der Waals surface area contributed by atoms with E-state index in [1.54, 1.807) is 30.3 Å². The van der Waals surface area contributed by atoms with Gasteiger partial charge in [-0.05, 0) is 99.2 Å². The van der Waals surface area contributed by atoms with Crippen LogP contribution in [0.3, 0.4) is 0 Å². The fourth-order valence-corrected chi connectivity index (χ4v) is 5.17. The number of nitrogens with zero attached hydrogens (tertiary/aromatic N) is 2. The van der Waals surface area contributed by atoms with Gasteiger partial charge in [-0.1, -0.05) is 18.5 Å². The Kier molecular flexibility index (Phi) is 5.83. The Balaban J connectivity index is 1.77. The van der Waals surface area contributed by atoms with E-state index < -0.39 is 17.8 Å². The van der Waals surface area contributed by atoms with Crippen LogP contribution in [0.5, 0.6) is 0 Å². The van der Waals surface area contributed by atoms with Gasteiger partial charge >= 0.3 is 6.03 Å². The first-order valence-corrected chi connectivity index (χ1v) is 11.5. The highest BCUT2D eigenvalue weighted by Gasteiger charge is 2.38. The summed E-state index contributed by atoms with van der Waals surface area (Å²) in [7, 11) is 0. The molecule has 4 amide bonds. The van der Waals surface area contributed by atoms with Crippen molar-refractivity contribution in [3.05, 3.63) is 63.7 Å². The molecule has 2 aromatic carbocycles. The van der Waals surface area contributed by atoms with Crippen LogP contribution in [-0.4, -0.2) is 29.9 Å². The number of nitrogens with one attached hydrogen (secondary N) is 1. The molecule has 0 radical (unpaired) electrons. The Morgan fingerprint density at radius 2 is 1.82 bits per heavy atom. The molecule has 33 heavy (non-hydrogen) atoms. The number of fused-ring (bicyclic) bond motifs is 1. The van der Waals surface area contributed by atoms with Gasteiger partial charge in [0.2, 0.25) is 0 Å². The van der Waals surface area contributed by atoms with E-state index in [4.69, 9.17) is 11.6 Å². The number of carbonyl (C=O) groups is 3. The van der Waals surface area contributed by atoms with E-state index in [9.17, 15) is 14.4 Å². The lowest BCUT2D eigenvalue weighted by Crippen LogP contribution is -2.54. The molecule has 2 aliphatic heterocycles. The van der Waals surface area contributed by atoms with E-state index >= 15 is 0 Å². The number of urea groups is 1. The van der Waals surface area contributed by atoms with Crippen molar-refractivity contribution in [2.45, 2.75) is 52.5 Å². The van der Waals surface area contributed by atoms with E-state index in [1.807, 2.05) is 6.92 Å². The second kappa shape index (κ2) is 8.34. The van der Waals surface area contributed by atoms with Crippen LogP contribution in [0.2, 0.25) is 5.02 Å². The first-order valence-electron chi connectivity index (χ1n) is 11.1. The number of aryl methyl sites for hydroxylation is 1. The molecular formula is C26H28ClN3O3. The molecule has 1 fully saturated rings. The lowest BCUT2D eigenvalue weighted by Gasteiger charge is -2.47. The summed E-state index contributed by atoms with van der Waals surface area (Å²) in [5, 5.41) is 2.76. The first-order chi connectivity index (χ1) is 15.5. The van der Waals surface area contributed by atoms with Crippen LogP contribution >= 0.6 is 11.6 Å². The number of imide groups is 2. The van der Waals surface area contributed by atoms with Crippen molar-refractivity contribution in [1.82, 2.24) is 5.32 Å². The Labute approximate surface area is 199 Å². The minimum atomic E-state index is -0.777. The summed E-state index contributed by atoms with van der Waals surface area (Å²) in [6, 6.07) is 9.75. The summed E-state index contributed by atoms with van der Waals surface area (Å²) >= 11 is 5.94. The molecule has 1 saturated heterocycles. The molecule has 0 saturated carbocycles. The van der Waals surface area contributed by atoms with Gasteiger partial charge in [-0.3, -0.25) is 14.9 Å². The maximum absolute atomic E-state index is 13.2. The van der Waals surface area contributed by atoms with Gasteiger partial charge in [-0.15, -0.1) is 0 Å². The number of hydrogen-bond acceptors (Lipinski definition) is 4. The number of amides is 4. The molecular weight excluding hydrogens is 438 g/mol. The monoisotopic (exact) mass is 465 g/mol. The number of halogens is 1. The maximum Gasteiger partial charge on any atom is 0.335 e. The number of benzene rings is 2. The van der Waals surface area contributed by atoms with Crippen LogP contribution < -0.4 is 15.1 Å². The van der Waals surface area contributed by atoms with Crippen molar-refractivity contribution < 1.29 is 14.4 Å². The van der Waals surface area contributed by atoms with Gasteiger partial charge in [0, 0.05) is 22.8 Å². The fraction of sp³-hybridized carbons (Fsp3) is 0.346. The fourth-order valence-electron chi connectivity index (χ4n) is 5.04. The third-order valence-electron chi connectivity index (χ3n) is 6.58. The van der Waals surface area contributed by atoms with E-state index in [0.717, 1.165) is 29.0 Å². The average molecular weight is 466 g/mol. The van der Waals surface area contributed by atoms with Crippen LogP contribution in [-0.2, 0) is 9.59 Å². The van der Waals surface area contributed by atoms with Crippen molar-refractivity contribution >= 4 is 46.9 Å². The number of barbiturate groups is 1. The molecule has 1 N–H and O–H groups in total. The van der Waals surface area contributed by atoms with Crippen LogP contribution in [0, 0.1) is 6.92 Å². The lowest BCUT2D eigenvalue weighted by atomic mass is 9.79. The quantitative estimate of drug-likeness (QED) is 0.485. The molecule has 2 aliphatic rings. The maximum atomic E-state index is 13.2. The smallest absolute Gasteiger partial charge is 0.335 e. The zero-order chi connectivity index (χ0) is 24.1. The standard InChI is InChI=1S/C26H28ClN3O3/c1-6-29-22-11-15(2)17(12-20(22)16(3)14-26(29,4)5)13-21-23(31)28-25(33)30(24(21)32)19-9-7-18(27)8-10-19/h7-13,16H,6,14H2,1-5H3,(H,28,31,33)/b21-13+/t16-/m0/s1. The summed E-state index contributed by atoms with van der Waals surface area (Å²) in [5.74, 6) is -1.03. The van der Waals surface area contributed by atoms with Gasteiger partial charge in [0.05, 0.1) is 5.69 Å². The van der Waals surface area contributed by atoms with Crippen molar-refractivity contribution in [3.8, 4) is 0 Å². The number of carbonyl (C=O) groups excluding carboxylic acids is 3. The van der Waals surface area contributed by atoms with Crippen molar-refractivity contribution in [3.63, 3.8) is 0 Å². The summed E-state index contributed by atoms with van der Waals surface area (Å²) in [6.45, 7) is 11.7. The summed E-state index contributed by atoms with van der Waals surface area (Å²) in [4.78, 5) is 41.6. The lowest BCUT2D eigenvalue weighted by molar-refractivity contribution is -0.122. The van der Waals surface area contributed by atoms with E-state index in [2.05, 4.69) is 50.0 Å². The molecule has 6 nitrogen and oxygen atoms in total. The topological polar surface area (TPSA) is 69.7 Å². The first kappa shape index (κ1) is 23.1. The van der Waals surface area contributed by atoms with Gasteiger partial charge in [0.25, 0.3) is 11.8 Å². The Morgan fingerprint density at radius 3 is 2.45 bits per heavy atom. The average Bonchev–Trinajstić information content (AvgIpc) is 2.72. The van der Waals surface area contributed by atoms with Crippen molar-refractivity contribution in [2.24, 2.45) is 0 Å². The minimum Gasteiger partial charge on any atom is -0.366 e. The van der Waals surface area contributed by atoms with Gasteiger partial charge in [-0.2, -0.15) is 0 Å². The van der Waals surface area contributed by atoms with Crippen molar-refractivity contribution in [2.75, 3.05) is 16.3 Å². The predicted octanol–water partition coefficient (Wildman–Crippen LogP) is 5.43. The van der Waals surface area contributed by atoms with E-state index in [1.165, 1.54) is 11.3 Å². The zero-order valence-corrected chi connectivity index (χ0v) is 20.3. The molecule has 172 valence electrons. The van der Waals surface area contributed by atoms with Crippen LogP contribution in [0.25, 0.3) is 6.08 Å². The van der Waals surface area contributed by atoms with E-state index in [-0.39, 0.29) is 11.1 Å². The van der Waals surface area contributed by atoms with Gasteiger partial charge in [0.1, 0.15) is 5.57 Å². The summed E-state index contributed by atoms with van der Waals surface area (Å²) < 4.78 is 0. The molecule has 0 bridgehead atoms. The number of rotatable bonds is 3. The SMILES string of the molecule is CCN1c2cc(C)c(/C=C3\C(=O)NC(=O)N(c4ccc(Cl)cc4)C3=O)cc2[C@@H](C)CC1(C)C. The van der Waals surface area contributed by atoms with Crippen LogP contribution in [0.15, 0.2) is 42.0 Å². The second-order valence-electron chi connectivity index (χ2n) is 9.36. The normalized spacial score (nSPS) is 21.3. The molecule has 0 unspecified atom stereocenters. The Morgan fingerprint density at radius 1 is 1.15 bits per heavy atom. The molecule has 7 heteroatoms. The van der Waals surface area contributed by atoms with Gasteiger partial charge in [-0.25, -0.2) is 9.69 Å². The van der Waals surface area contributed by atoms with Gasteiger partial charge < -0.3 is 4.90 Å². The predicted molar refractivity (Wildman–Crippen MR) is 132 cm³/mol. The molecule has 0 aliphatic carbocycles. The van der Waals surface area contributed by atoms with Crippen molar-refractivity contribution in [1.29, 1.82) is 0 Å². The summed E-state index contributed by atoms with van der Waals surface area (Å²) in [6.07, 6.45) is 2.59. The largest absolute Gasteiger partial charge is 0.366 e. The highest BCUT2D eigenvalue weighted by molar-refractivity contribution is 6.39. The summed E-state index contributed by atoms with van der Waals surface area (Å²) in [5.41, 5.74) is 4.45. The number of hydrogen-bond donors (Lipinski definition) is 1. The molecule has 2 aromatic rings. The van der Waals surface area contributed by atoms with E-state index in [0.29, 0.717) is 16.6 Å². The zero-order valence-electron chi connectivity index (χ0n) is 19.5. The second-order valence-corrected chi connectivity index (χ2v) is 9.80. The Hall–Kier alpha value is -3.12. The van der Waals surface area contributed by atoms with Crippen LogP contribution in [0.4, 0.5) is 16.2 Å². The molecule has 0 spiro atoms. The highest BCUT2D eigenvalue weighted by Crippen LogP contribution is 2.44. The number of anilines is 2. The molecule has 0 aromatic heterocycles. The van der Waals surface area contributed by atoms with Gasteiger partial charge in [0.15, 0.2) is 0 Å². The molecule has 2 heterocycles. The minimum absolute atomic E-state index is 0.0479. The highest BCUT2D eigenvalue weighted by atomic mass is 35.5. The third-order valence-corrected chi connectivity index (χ3v) is 6.83. The third kappa shape index (κ3) is 4.04. The molecule has 1 atom stereocenters. The molecule has 4 rings (SSSR count). The Bertz CT molecular complexity index is 1180.